The van der Waals surface area contributed by atoms with Crippen LogP contribution in [0.5, 0.6) is 0 Å². The van der Waals surface area contributed by atoms with Crippen molar-refractivity contribution in [2.45, 2.75) is 46.4 Å². The van der Waals surface area contributed by atoms with Crippen molar-refractivity contribution in [1.29, 1.82) is 0 Å². The van der Waals surface area contributed by atoms with E-state index in [0.717, 1.165) is 6.42 Å². The molecule has 16 heavy (non-hydrogen) atoms. The molecule has 0 rings (SSSR count). The molecule has 1 atom stereocenters. The second-order valence-electron chi connectivity index (χ2n) is 4.11. The Bertz CT molecular complexity index is 147. The van der Waals surface area contributed by atoms with E-state index in [1.165, 1.54) is 0 Å². The molecule has 0 amide bonds. The predicted molar refractivity (Wildman–Crippen MR) is 65.4 cm³/mol. The summed E-state index contributed by atoms with van der Waals surface area (Å²) in [6.07, 6.45) is 0.581. The Balaban J connectivity index is 3.93. The molecule has 2 N–H and O–H groups in total. The fraction of sp³-hybridized carbons (Fsp3) is 1.00. The van der Waals surface area contributed by atoms with Gasteiger partial charge in [0, 0.05) is 32.4 Å². The van der Waals surface area contributed by atoms with Gasteiger partial charge in [0.15, 0.2) is 6.29 Å². The van der Waals surface area contributed by atoms with Crippen molar-refractivity contribution in [2.24, 2.45) is 5.92 Å². The number of nitrogens with one attached hydrogen (secondary N) is 1. The van der Waals surface area contributed by atoms with Gasteiger partial charge in [-0.25, -0.2) is 0 Å². The minimum atomic E-state index is -0.185. The van der Waals surface area contributed by atoms with E-state index in [2.05, 4.69) is 19.2 Å². The van der Waals surface area contributed by atoms with Crippen LogP contribution in [0.25, 0.3) is 0 Å². The van der Waals surface area contributed by atoms with Gasteiger partial charge in [0.1, 0.15) is 0 Å². The summed E-state index contributed by atoms with van der Waals surface area (Å²) in [4.78, 5) is 0. The van der Waals surface area contributed by atoms with Crippen LogP contribution in [0.3, 0.4) is 0 Å². The quantitative estimate of drug-likeness (QED) is 0.560. The van der Waals surface area contributed by atoms with Gasteiger partial charge >= 0.3 is 0 Å². The summed E-state index contributed by atoms with van der Waals surface area (Å²) in [5.41, 5.74) is 0. The standard InChI is InChI=1S/C12H27NO3/c1-5-15-12(16-6-2)9-13-11(7-8-14)10(3)4/h10-14H,5-9H2,1-4H3. The van der Waals surface area contributed by atoms with Crippen molar-refractivity contribution >= 4 is 0 Å². The fourth-order valence-corrected chi connectivity index (χ4v) is 1.60. The summed E-state index contributed by atoms with van der Waals surface area (Å²) in [7, 11) is 0. The Morgan fingerprint density at radius 1 is 1.12 bits per heavy atom. The van der Waals surface area contributed by atoms with Gasteiger partial charge in [0.25, 0.3) is 0 Å². The second-order valence-corrected chi connectivity index (χ2v) is 4.11. The molecule has 4 heteroatoms. The highest BCUT2D eigenvalue weighted by Gasteiger charge is 2.15. The molecule has 1 unspecified atom stereocenters. The summed E-state index contributed by atoms with van der Waals surface area (Å²) in [5, 5.41) is 12.3. The molecule has 98 valence electrons. The smallest absolute Gasteiger partial charge is 0.169 e. The molecule has 0 radical (unpaired) electrons. The Labute approximate surface area is 99.3 Å². The van der Waals surface area contributed by atoms with E-state index in [0.29, 0.717) is 31.7 Å². The average molecular weight is 233 g/mol. The van der Waals surface area contributed by atoms with Crippen LogP contribution < -0.4 is 5.32 Å². The molecule has 0 heterocycles. The SMILES string of the molecule is CCOC(CNC(CCO)C(C)C)OCC. The summed E-state index contributed by atoms with van der Waals surface area (Å²) < 4.78 is 10.9. The normalized spacial score (nSPS) is 13.7. The van der Waals surface area contributed by atoms with Crippen LogP contribution >= 0.6 is 0 Å². The lowest BCUT2D eigenvalue weighted by atomic mass is 10.0. The number of aliphatic hydroxyl groups is 1. The molecule has 0 aromatic rings. The maximum atomic E-state index is 8.96. The van der Waals surface area contributed by atoms with Crippen LogP contribution in [-0.2, 0) is 9.47 Å². The van der Waals surface area contributed by atoms with E-state index in [1.54, 1.807) is 0 Å². The van der Waals surface area contributed by atoms with Gasteiger partial charge in [0.05, 0.1) is 0 Å². The predicted octanol–water partition coefficient (Wildman–Crippen LogP) is 1.38. The van der Waals surface area contributed by atoms with E-state index in [4.69, 9.17) is 14.6 Å². The van der Waals surface area contributed by atoms with Gasteiger partial charge in [-0.3, -0.25) is 0 Å². The van der Waals surface area contributed by atoms with Crippen molar-refractivity contribution < 1.29 is 14.6 Å². The summed E-state index contributed by atoms with van der Waals surface area (Å²) in [6.45, 7) is 10.4. The van der Waals surface area contributed by atoms with E-state index in [9.17, 15) is 0 Å². The van der Waals surface area contributed by atoms with Crippen LogP contribution in [0.1, 0.15) is 34.1 Å². The molecular weight excluding hydrogens is 206 g/mol. The molecule has 0 aromatic carbocycles. The molecule has 0 saturated heterocycles. The topological polar surface area (TPSA) is 50.7 Å². The monoisotopic (exact) mass is 233 g/mol. The van der Waals surface area contributed by atoms with Crippen LogP contribution in [0.15, 0.2) is 0 Å². The lowest BCUT2D eigenvalue weighted by molar-refractivity contribution is -0.134. The lowest BCUT2D eigenvalue weighted by Crippen LogP contribution is -2.41. The Hall–Kier alpha value is -0.160. The first kappa shape index (κ1) is 15.8. The summed E-state index contributed by atoms with van der Waals surface area (Å²) in [5.74, 6) is 0.496. The van der Waals surface area contributed by atoms with Crippen molar-refractivity contribution in [2.75, 3.05) is 26.4 Å². The van der Waals surface area contributed by atoms with Crippen LogP contribution in [0, 0.1) is 5.92 Å². The summed E-state index contributed by atoms with van der Waals surface area (Å²) >= 11 is 0. The molecule has 0 bridgehead atoms. The number of ether oxygens (including phenoxy) is 2. The van der Waals surface area contributed by atoms with Crippen molar-refractivity contribution in [3.8, 4) is 0 Å². The Morgan fingerprint density at radius 3 is 2.06 bits per heavy atom. The first-order valence-electron chi connectivity index (χ1n) is 6.23. The van der Waals surface area contributed by atoms with Crippen LogP contribution in [0.4, 0.5) is 0 Å². The maximum Gasteiger partial charge on any atom is 0.169 e. The van der Waals surface area contributed by atoms with Gasteiger partial charge in [-0.05, 0) is 26.2 Å². The lowest BCUT2D eigenvalue weighted by Gasteiger charge is -2.25. The highest BCUT2D eigenvalue weighted by atomic mass is 16.7. The third-order valence-electron chi connectivity index (χ3n) is 2.50. The average Bonchev–Trinajstić information content (AvgIpc) is 2.24. The molecule has 4 nitrogen and oxygen atoms in total. The number of hydrogen-bond donors (Lipinski definition) is 2. The van der Waals surface area contributed by atoms with Crippen LogP contribution in [-0.4, -0.2) is 43.8 Å². The zero-order chi connectivity index (χ0) is 12.4. The van der Waals surface area contributed by atoms with Gasteiger partial charge in [-0.2, -0.15) is 0 Å². The first-order chi connectivity index (χ1) is 7.65. The highest BCUT2D eigenvalue weighted by Crippen LogP contribution is 2.06. The van der Waals surface area contributed by atoms with E-state index >= 15 is 0 Å². The van der Waals surface area contributed by atoms with Crippen LogP contribution in [0.2, 0.25) is 0 Å². The fourth-order valence-electron chi connectivity index (χ4n) is 1.60. The van der Waals surface area contributed by atoms with Gasteiger partial charge in [0.2, 0.25) is 0 Å². The molecular formula is C12H27NO3. The number of hydrogen-bond acceptors (Lipinski definition) is 4. The molecule has 0 aromatic heterocycles. The maximum absolute atomic E-state index is 8.96. The minimum Gasteiger partial charge on any atom is -0.396 e. The number of rotatable bonds is 10. The van der Waals surface area contributed by atoms with Crippen molar-refractivity contribution in [1.82, 2.24) is 5.32 Å². The molecule has 0 aliphatic heterocycles. The van der Waals surface area contributed by atoms with E-state index < -0.39 is 0 Å². The molecule has 0 aliphatic rings. The van der Waals surface area contributed by atoms with E-state index in [1.807, 2.05) is 13.8 Å². The number of aliphatic hydroxyl groups excluding tert-OH is 1. The van der Waals surface area contributed by atoms with Crippen molar-refractivity contribution in [3.63, 3.8) is 0 Å². The molecule has 0 saturated carbocycles. The Morgan fingerprint density at radius 2 is 1.69 bits per heavy atom. The molecule has 0 aliphatic carbocycles. The summed E-state index contributed by atoms with van der Waals surface area (Å²) in [6, 6.07) is 0.313. The highest BCUT2D eigenvalue weighted by molar-refractivity contribution is 4.70. The van der Waals surface area contributed by atoms with Crippen molar-refractivity contribution in [3.05, 3.63) is 0 Å². The second kappa shape index (κ2) is 10.0. The Kier molecular flexibility index (Phi) is 9.92. The third kappa shape index (κ3) is 7.17. The molecule has 0 fully saturated rings. The minimum absolute atomic E-state index is 0.185. The zero-order valence-electron chi connectivity index (χ0n) is 11.0. The first-order valence-corrected chi connectivity index (χ1v) is 6.23. The van der Waals surface area contributed by atoms with Gasteiger partial charge in [-0.15, -0.1) is 0 Å². The third-order valence-corrected chi connectivity index (χ3v) is 2.50. The largest absolute Gasteiger partial charge is 0.396 e. The molecule has 0 spiro atoms. The van der Waals surface area contributed by atoms with Gasteiger partial charge in [-0.1, -0.05) is 13.8 Å². The van der Waals surface area contributed by atoms with Gasteiger partial charge < -0.3 is 19.9 Å². The zero-order valence-corrected chi connectivity index (χ0v) is 11.0. The van der Waals surface area contributed by atoms with E-state index in [-0.39, 0.29) is 12.9 Å².